The van der Waals surface area contributed by atoms with Crippen molar-refractivity contribution < 1.29 is 14.6 Å². The minimum absolute atomic E-state index is 0.0154. The molecular weight excluding hydrogens is 443 g/mol. The number of nitrogens with zero attached hydrogens (tertiary/aromatic N) is 2. The molecule has 0 fully saturated rings. The Kier molecular flexibility index (Phi) is 6.42. The van der Waals surface area contributed by atoms with Crippen molar-refractivity contribution >= 4 is 37.9 Å². The predicted molar refractivity (Wildman–Crippen MR) is 122 cm³/mol. The standard InChI is InChI=1S/C21H22ClN2O4PS/c1-2-7-28-16-10-14(22)4-3-13(16)11-24-6-5-23-12-15(21-29-8-9-30-21)18(25)19(26)17(23)20(24)27/h3-4,8-10,12,21,26,29H,2,5-7,11H2,1H3. The van der Waals surface area contributed by atoms with E-state index in [0.29, 0.717) is 51.2 Å². The topological polar surface area (TPSA) is 71.8 Å². The van der Waals surface area contributed by atoms with Crippen LogP contribution in [0.15, 0.2) is 40.4 Å². The molecule has 6 nitrogen and oxygen atoms in total. The van der Waals surface area contributed by atoms with Gasteiger partial charge in [0, 0.05) is 42.0 Å². The number of aromatic nitrogens is 1. The first-order valence-electron chi connectivity index (χ1n) is 9.73. The largest absolute Gasteiger partial charge is 0.503 e. The number of fused-ring (bicyclic) bond motifs is 1. The van der Waals surface area contributed by atoms with Gasteiger partial charge >= 0.3 is 0 Å². The van der Waals surface area contributed by atoms with E-state index in [-0.39, 0.29) is 16.6 Å². The first-order valence-corrected chi connectivity index (χ1v) is 12.2. The molecule has 4 rings (SSSR count). The molecule has 1 amide bonds. The highest BCUT2D eigenvalue weighted by atomic mass is 35.5. The lowest BCUT2D eigenvalue weighted by Crippen LogP contribution is -2.41. The number of amides is 1. The summed E-state index contributed by atoms with van der Waals surface area (Å²) in [6.45, 7) is 3.87. The zero-order valence-electron chi connectivity index (χ0n) is 16.4. The number of carbonyl (C=O) groups excluding carboxylic acids is 1. The van der Waals surface area contributed by atoms with Crippen LogP contribution in [0.2, 0.25) is 5.02 Å². The fourth-order valence-corrected chi connectivity index (χ4v) is 6.16. The van der Waals surface area contributed by atoms with E-state index in [4.69, 9.17) is 16.3 Å². The van der Waals surface area contributed by atoms with Crippen molar-refractivity contribution in [1.29, 1.82) is 0 Å². The molecule has 2 aromatic rings. The Labute approximate surface area is 185 Å². The minimum atomic E-state index is -0.460. The number of thioether (sulfide) groups is 1. The van der Waals surface area contributed by atoms with Gasteiger partial charge in [0.25, 0.3) is 5.91 Å². The molecule has 0 aliphatic carbocycles. The summed E-state index contributed by atoms with van der Waals surface area (Å²) < 4.78 is 7.51. The second kappa shape index (κ2) is 9.04. The second-order valence-corrected chi connectivity index (χ2v) is 10.2. The van der Waals surface area contributed by atoms with Gasteiger partial charge in [-0.3, -0.25) is 9.59 Å². The molecule has 0 saturated carbocycles. The van der Waals surface area contributed by atoms with E-state index in [1.807, 2.05) is 24.2 Å². The lowest BCUT2D eigenvalue weighted by molar-refractivity contribution is 0.0681. The van der Waals surface area contributed by atoms with E-state index in [0.717, 1.165) is 12.0 Å². The van der Waals surface area contributed by atoms with Crippen LogP contribution in [0, 0.1) is 0 Å². The molecule has 30 heavy (non-hydrogen) atoms. The minimum Gasteiger partial charge on any atom is -0.503 e. The monoisotopic (exact) mass is 464 g/mol. The normalized spacial score (nSPS) is 18.8. The van der Waals surface area contributed by atoms with Crippen LogP contribution in [0.4, 0.5) is 0 Å². The Hall–Kier alpha value is -1.95. The molecule has 0 bridgehead atoms. The molecule has 158 valence electrons. The number of pyridine rings is 1. The van der Waals surface area contributed by atoms with E-state index < -0.39 is 11.2 Å². The first-order chi connectivity index (χ1) is 14.5. The van der Waals surface area contributed by atoms with E-state index in [9.17, 15) is 14.7 Å². The molecule has 2 unspecified atom stereocenters. The highest BCUT2D eigenvalue weighted by Gasteiger charge is 2.31. The highest BCUT2D eigenvalue weighted by molar-refractivity contribution is 8.08. The van der Waals surface area contributed by atoms with Crippen LogP contribution in [0.5, 0.6) is 11.5 Å². The average molecular weight is 465 g/mol. The van der Waals surface area contributed by atoms with Crippen molar-refractivity contribution in [2.45, 2.75) is 31.4 Å². The number of rotatable bonds is 6. The van der Waals surface area contributed by atoms with Gasteiger partial charge in [-0.15, -0.1) is 11.8 Å². The summed E-state index contributed by atoms with van der Waals surface area (Å²) in [6, 6.07) is 5.36. The van der Waals surface area contributed by atoms with E-state index in [2.05, 4.69) is 0 Å². The van der Waals surface area contributed by atoms with Gasteiger partial charge in [0.2, 0.25) is 5.43 Å². The number of halogens is 1. The van der Waals surface area contributed by atoms with Crippen LogP contribution < -0.4 is 10.2 Å². The molecule has 3 heterocycles. The molecule has 9 heteroatoms. The number of hydrogen-bond donors (Lipinski definition) is 1. The average Bonchev–Trinajstić information content (AvgIpc) is 3.27. The molecule has 1 aromatic carbocycles. The van der Waals surface area contributed by atoms with Crippen LogP contribution >= 0.6 is 31.9 Å². The maximum Gasteiger partial charge on any atom is 0.274 e. The molecule has 2 aliphatic heterocycles. The Bertz CT molecular complexity index is 1060. The highest BCUT2D eigenvalue weighted by Crippen LogP contribution is 2.50. The summed E-state index contributed by atoms with van der Waals surface area (Å²) in [6.07, 6.45) is 2.60. The van der Waals surface area contributed by atoms with Crippen LogP contribution in [0.25, 0.3) is 0 Å². The van der Waals surface area contributed by atoms with Gasteiger partial charge in [-0.25, -0.2) is 0 Å². The molecular formula is C21H22ClN2O4PS. The van der Waals surface area contributed by atoms with E-state index in [1.54, 1.807) is 39.6 Å². The molecule has 0 spiro atoms. The summed E-state index contributed by atoms with van der Waals surface area (Å²) in [5, 5.41) is 13.1. The van der Waals surface area contributed by atoms with E-state index >= 15 is 0 Å². The van der Waals surface area contributed by atoms with Crippen molar-refractivity contribution in [2.75, 3.05) is 13.2 Å². The summed E-state index contributed by atoms with van der Waals surface area (Å²) in [7, 11) is 0.488. The van der Waals surface area contributed by atoms with Gasteiger partial charge in [-0.2, -0.15) is 0 Å². The molecule has 2 aliphatic rings. The summed E-state index contributed by atoms with van der Waals surface area (Å²) in [5.74, 6) is 1.86. The summed E-state index contributed by atoms with van der Waals surface area (Å²) in [4.78, 5) is 27.5. The van der Waals surface area contributed by atoms with Gasteiger partial charge in [-0.1, -0.05) is 39.0 Å². The number of aromatic hydroxyl groups is 1. The number of benzene rings is 1. The van der Waals surface area contributed by atoms with Crippen LogP contribution in [-0.4, -0.2) is 33.6 Å². The smallest absolute Gasteiger partial charge is 0.274 e. The summed E-state index contributed by atoms with van der Waals surface area (Å²) in [5.41, 5.74) is 0.990. The zero-order chi connectivity index (χ0) is 21.3. The molecule has 2 atom stereocenters. The molecule has 0 saturated heterocycles. The van der Waals surface area contributed by atoms with Gasteiger partial charge in [0.05, 0.1) is 11.6 Å². The predicted octanol–water partition coefficient (Wildman–Crippen LogP) is 4.55. The van der Waals surface area contributed by atoms with Gasteiger partial charge in [0.1, 0.15) is 5.75 Å². The Morgan fingerprint density at radius 3 is 2.90 bits per heavy atom. The Morgan fingerprint density at radius 1 is 1.33 bits per heavy atom. The van der Waals surface area contributed by atoms with E-state index in [1.165, 1.54) is 0 Å². The fourth-order valence-electron chi connectivity index (χ4n) is 3.55. The Morgan fingerprint density at radius 2 is 2.17 bits per heavy atom. The van der Waals surface area contributed by atoms with Crippen LogP contribution in [0.3, 0.4) is 0 Å². The zero-order valence-corrected chi connectivity index (χ0v) is 19.0. The molecule has 1 N–H and O–H groups in total. The van der Waals surface area contributed by atoms with Crippen LogP contribution in [-0.2, 0) is 13.1 Å². The maximum atomic E-state index is 13.1. The molecule has 0 radical (unpaired) electrons. The quantitative estimate of drug-likeness (QED) is 0.635. The van der Waals surface area contributed by atoms with Crippen molar-refractivity contribution in [1.82, 2.24) is 9.47 Å². The maximum absolute atomic E-state index is 13.1. The lowest BCUT2D eigenvalue weighted by atomic mass is 10.1. The third kappa shape index (κ3) is 4.11. The van der Waals surface area contributed by atoms with Crippen LogP contribution in [0.1, 0.15) is 40.0 Å². The van der Waals surface area contributed by atoms with Crippen molar-refractivity contribution in [3.05, 3.63) is 67.7 Å². The van der Waals surface area contributed by atoms with Gasteiger partial charge < -0.3 is 19.3 Å². The fraction of sp³-hybridized carbons (Fsp3) is 0.333. The van der Waals surface area contributed by atoms with Crippen molar-refractivity contribution in [2.24, 2.45) is 0 Å². The Balaban J connectivity index is 1.62. The summed E-state index contributed by atoms with van der Waals surface area (Å²) >= 11 is 7.67. The van der Waals surface area contributed by atoms with Crippen molar-refractivity contribution in [3.8, 4) is 11.5 Å². The number of hydrogen-bond acceptors (Lipinski definition) is 5. The SMILES string of the molecule is CCCOc1cc(Cl)ccc1CN1CCn2cc(C3PC=CS3)c(=O)c(O)c2C1=O. The molecule has 1 aromatic heterocycles. The van der Waals surface area contributed by atoms with Gasteiger partial charge in [-0.05, 0) is 24.0 Å². The van der Waals surface area contributed by atoms with Gasteiger partial charge in [0.15, 0.2) is 11.4 Å². The third-order valence-corrected chi connectivity index (χ3v) is 8.13. The first kappa shape index (κ1) is 21.3. The third-order valence-electron chi connectivity index (χ3n) is 5.05. The van der Waals surface area contributed by atoms with Crippen molar-refractivity contribution in [3.63, 3.8) is 0 Å². The second-order valence-electron chi connectivity index (χ2n) is 7.12. The lowest BCUT2D eigenvalue weighted by Gasteiger charge is -2.31. The number of ether oxygens (including phenoxy) is 1. The number of carbonyl (C=O) groups is 1.